The number of halogens is 2. The Labute approximate surface area is 138 Å². The van der Waals surface area contributed by atoms with Crippen molar-refractivity contribution >= 4 is 27.5 Å². The second kappa shape index (κ2) is 5.31. The fraction of sp³-hybridized carbons (Fsp3) is 0.294. The summed E-state index contributed by atoms with van der Waals surface area (Å²) in [6.45, 7) is 4.20. The Bertz CT molecular complexity index is 699. The van der Waals surface area contributed by atoms with E-state index in [2.05, 4.69) is 35.8 Å². The van der Waals surface area contributed by atoms with E-state index in [-0.39, 0.29) is 11.6 Å². The van der Waals surface area contributed by atoms with Gasteiger partial charge in [-0.05, 0) is 64.7 Å². The molecule has 2 aromatic rings. The first-order valence-electron chi connectivity index (χ1n) is 6.88. The molecule has 1 aliphatic rings. The summed E-state index contributed by atoms with van der Waals surface area (Å²) < 4.78 is 6.78. The fourth-order valence-electron chi connectivity index (χ4n) is 2.72. The molecule has 0 saturated heterocycles. The Hall–Kier alpha value is -1.03. The number of nitrogens with two attached hydrogens (primary N) is 1. The van der Waals surface area contributed by atoms with E-state index in [1.807, 2.05) is 30.3 Å². The first-order chi connectivity index (χ1) is 9.85. The van der Waals surface area contributed by atoms with E-state index in [9.17, 15) is 0 Å². The van der Waals surface area contributed by atoms with Crippen LogP contribution in [0.4, 0.5) is 0 Å². The topological polar surface area (TPSA) is 35.2 Å². The van der Waals surface area contributed by atoms with Gasteiger partial charge in [0, 0.05) is 10.9 Å². The van der Waals surface area contributed by atoms with Gasteiger partial charge in [-0.3, -0.25) is 0 Å². The molecule has 1 unspecified atom stereocenters. The van der Waals surface area contributed by atoms with Gasteiger partial charge < -0.3 is 10.5 Å². The van der Waals surface area contributed by atoms with Gasteiger partial charge in [-0.1, -0.05) is 29.8 Å². The number of hydrogen-bond donors (Lipinski definition) is 1. The van der Waals surface area contributed by atoms with Crippen LogP contribution in [0.3, 0.4) is 0 Å². The third-order valence-corrected chi connectivity index (χ3v) is 4.98. The molecule has 0 saturated carbocycles. The predicted molar refractivity (Wildman–Crippen MR) is 90.0 cm³/mol. The zero-order chi connectivity index (χ0) is 15.2. The molecule has 3 rings (SSSR count). The van der Waals surface area contributed by atoms with Crippen molar-refractivity contribution in [3.05, 3.63) is 62.6 Å². The van der Waals surface area contributed by atoms with Crippen LogP contribution in [0.1, 0.15) is 36.6 Å². The highest BCUT2D eigenvalue weighted by molar-refractivity contribution is 9.10. The summed E-state index contributed by atoms with van der Waals surface area (Å²) in [5.41, 5.74) is 9.55. The quantitative estimate of drug-likeness (QED) is 0.823. The van der Waals surface area contributed by atoms with Crippen LogP contribution in [-0.2, 0) is 6.42 Å². The summed E-state index contributed by atoms with van der Waals surface area (Å²) in [7, 11) is 0. The molecule has 1 atom stereocenters. The Morgan fingerprint density at radius 1 is 1.19 bits per heavy atom. The van der Waals surface area contributed by atoms with Crippen molar-refractivity contribution in [1.29, 1.82) is 0 Å². The number of benzene rings is 2. The Balaban J connectivity index is 1.93. The number of ether oxygens (including phenoxy) is 1. The van der Waals surface area contributed by atoms with E-state index in [4.69, 9.17) is 22.1 Å². The van der Waals surface area contributed by atoms with E-state index in [0.29, 0.717) is 5.02 Å². The van der Waals surface area contributed by atoms with E-state index in [1.165, 1.54) is 5.56 Å². The molecule has 1 aliphatic heterocycles. The number of fused-ring (bicyclic) bond motifs is 1. The maximum Gasteiger partial charge on any atom is 0.123 e. The molecule has 0 radical (unpaired) electrons. The fourth-order valence-corrected chi connectivity index (χ4v) is 3.16. The van der Waals surface area contributed by atoms with E-state index >= 15 is 0 Å². The summed E-state index contributed by atoms with van der Waals surface area (Å²) in [6, 6.07) is 11.8. The van der Waals surface area contributed by atoms with Gasteiger partial charge in [0.25, 0.3) is 0 Å². The van der Waals surface area contributed by atoms with Crippen molar-refractivity contribution in [3.63, 3.8) is 0 Å². The normalized spacial score (nSPS) is 17.2. The largest absolute Gasteiger partial charge is 0.487 e. The molecule has 2 nitrogen and oxygen atoms in total. The number of hydrogen-bond acceptors (Lipinski definition) is 2. The minimum absolute atomic E-state index is 0.133. The minimum Gasteiger partial charge on any atom is -0.487 e. The monoisotopic (exact) mass is 365 g/mol. The predicted octanol–water partition coefficient (Wildman–Crippen LogP) is 4.86. The molecule has 0 bridgehead atoms. The zero-order valence-electron chi connectivity index (χ0n) is 12.0. The van der Waals surface area contributed by atoms with Gasteiger partial charge in [0.1, 0.15) is 11.4 Å². The zero-order valence-corrected chi connectivity index (χ0v) is 14.3. The van der Waals surface area contributed by atoms with Crippen LogP contribution in [0.25, 0.3) is 0 Å². The number of rotatable bonds is 2. The second-order valence-electron chi connectivity index (χ2n) is 6.06. The van der Waals surface area contributed by atoms with Crippen molar-refractivity contribution in [2.45, 2.75) is 31.9 Å². The highest BCUT2D eigenvalue weighted by atomic mass is 79.9. The molecule has 4 heteroatoms. The van der Waals surface area contributed by atoms with E-state index in [1.54, 1.807) is 0 Å². The van der Waals surface area contributed by atoms with Crippen LogP contribution in [0.15, 0.2) is 40.9 Å². The molecule has 0 spiro atoms. The molecule has 0 aliphatic carbocycles. The smallest absolute Gasteiger partial charge is 0.123 e. The van der Waals surface area contributed by atoms with Crippen molar-refractivity contribution in [2.24, 2.45) is 5.73 Å². The van der Waals surface area contributed by atoms with Gasteiger partial charge in [-0.2, -0.15) is 0 Å². The van der Waals surface area contributed by atoms with Crippen molar-refractivity contribution < 1.29 is 4.74 Å². The van der Waals surface area contributed by atoms with E-state index < -0.39 is 0 Å². The average molecular weight is 367 g/mol. The lowest BCUT2D eigenvalue weighted by Crippen LogP contribution is -2.24. The summed E-state index contributed by atoms with van der Waals surface area (Å²) >= 11 is 9.55. The lowest BCUT2D eigenvalue weighted by molar-refractivity contribution is 0.138. The molecule has 0 fully saturated rings. The second-order valence-corrected chi connectivity index (χ2v) is 7.32. The third-order valence-electron chi connectivity index (χ3n) is 3.75. The first kappa shape index (κ1) is 14.9. The summed E-state index contributed by atoms with van der Waals surface area (Å²) in [5, 5.41) is 0.675. The van der Waals surface area contributed by atoms with Gasteiger partial charge in [0.05, 0.1) is 11.1 Å². The molecule has 21 heavy (non-hydrogen) atoms. The van der Waals surface area contributed by atoms with Crippen LogP contribution < -0.4 is 10.5 Å². The van der Waals surface area contributed by atoms with Crippen LogP contribution in [0.5, 0.6) is 5.75 Å². The lowest BCUT2D eigenvalue weighted by Gasteiger charge is -2.16. The van der Waals surface area contributed by atoms with E-state index in [0.717, 1.165) is 27.8 Å². The first-order valence-corrected chi connectivity index (χ1v) is 8.05. The summed E-state index contributed by atoms with van der Waals surface area (Å²) in [4.78, 5) is 0. The van der Waals surface area contributed by atoms with Gasteiger partial charge in [-0.15, -0.1) is 0 Å². The third kappa shape index (κ3) is 2.96. The maximum atomic E-state index is 6.38. The average Bonchev–Trinajstić information content (AvgIpc) is 2.73. The van der Waals surface area contributed by atoms with Gasteiger partial charge in [0.15, 0.2) is 0 Å². The summed E-state index contributed by atoms with van der Waals surface area (Å²) in [5.74, 6) is 0.963. The molecule has 0 aromatic heterocycles. The van der Waals surface area contributed by atoms with Crippen molar-refractivity contribution in [1.82, 2.24) is 0 Å². The molecule has 0 amide bonds. The molecule has 2 N–H and O–H groups in total. The standard InChI is InChI=1S/C17H17BrClNO/c1-17(2)9-12-7-10(4-6-15(12)21-17)16(20)11-3-5-13(18)14(19)8-11/h3-8,16H,9,20H2,1-2H3. The van der Waals surface area contributed by atoms with Crippen molar-refractivity contribution in [3.8, 4) is 5.75 Å². The Morgan fingerprint density at radius 2 is 1.86 bits per heavy atom. The summed E-state index contributed by atoms with van der Waals surface area (Å²) in [6.07, 6.45) is 0.907. The van der Waals surface area contributed by atoms with Gasteiger partial charge in [0.2, 0.25) is 0 Å². The Kier molecular flexibility index (Phi) is 3.76. The van der Waals surface area contributed by atoms with Gasteiger partial charge >= 0.3 is 0 Å². The highest BCUT2D eigenvalue weighted by Crippen LogP contribution is 2.37. The molecule has 2 aromatic carbocycles. The van der Waals surface area contributed by atoms with Crippen LogP contribution in [0, 0.1) is 0 Å². The molecular weight excluding hydrogens is 350 g/mol. The highest BCUT2D eigenvalue weighted by Gasteiger charge is 2.30. The van der Waals surface area contributed by atoms with Crippen LogP contribution >= 0.6 is 27.5 Å². The van der Waals surface area contributed by atoms with Crippen LogP contribution in [0.2, 0.25) is 5.02 Å². The molecule has 1 heterocycles. The van der Waals surface area contributed by atoms with Gasteiger partial charge in [-0.25, -0.2) is 0 Å². The lowest BCUT2D eigenvalue weighted by atomic mass is 9.95. The maximum absolute atomic E-state index is 6.38. The molecule has 110 valence electrons. The minimum atomic E-state index is -0.190. The van der Waals surface area contributed by atoms with Crippen molar-refractivity contribution in [2.75, 3.05) is 0 Å². The Morgan fingerprint density at radius 3 is 2.57 bits per heavy atom. The molecular formula is C17H17BrClNO. The SMILES string of the molecule is CC1(C)Cc2cc(C(N)c3ccc(Br)c(Cl)c3)ccc2O1. The van der Waals surface area contributed by atoms with Crippen LogP contribution in [-0.4, -0.2) is 5.60 Å².